The molecule has 5 heteroatoms. The van der Waals surface area contributed by atoms with Crippen LogP contribution >= 0.6 is 0 Å². The minimum Gasteiger partial charge on any atom is -0.343 e. The van der Waals surface area contributed by atoms with Crippen molar-refractivity contribution in [1.29, 1.82) is 0 Å². The van der Waals surface area contributed by atoms with Gasteiger partial charge < -0.3 is 10.2 Å². The Hall–Kier alpha value is -2.14. The predicted molar refractivity (Wildman–Crippen MR) is 112 cm³/mol. The minimum atomic E-state index is 0.193. The molecule has 28 heavy (non-hydrogen) atoms. The van der Waals surface area contributed by atoms with Crippen LogP contribution in [0, 0.1) is 12.3 Å². The maximum Gasteiger partial charge on any atom is 0.219 e. The van der Waals surface area contributed by atoms with Crippen LogP contribution in [0.5, 0.6) is 0 Å². The van der Waals surface area contributed by atoms with Gasteiger partial charge >= 0.3 is 0 Å². The lowest BCUT2D eigenvalue weighted by molar-refractivity contribution is -0.129. The van der Waals surface area contributed by atoms with Crippen molar-refractivity contribution in [3.8, 4) is 5.69 Å². The van der Waals surface area contributed by atoms with Gasteiger partial charge in [-0.05, 0) is 50.2 Å². The number of benzene rings is 1. The van der Waals surface area contributed by atoms with Gasteiger partial charge in [0.15, 0.2) is 0 Å². The summed E-state index contributed by atoms with van der Waals surface area (Å²) in [6, 6.07) is 9.40. The van der Waals surface area contributed by atoms with E-state index in [1.54, 1.807) is 6.92 Å². The predicted octanol–water partition coefficient (Wildman–Crippen LogP) is 3.79. The Balaban J connectivity index is 1.56. The minimum absolute atomic E-state index is 0.193. The van der Waals surface area contributed by atoms with Crippen molar-refractivity contribution < 1.29 is 4.79 Å². The molecule has 1 aromatic carbocycles. The monoisotopic (exact) mass is 380 g/mol. The Morgan fingerprint density at radius 2 is 1.86 bits per heavy atom. The third kappa shape index (κ3) is 3.86. The summed E-state index contributed by atoms with van der Waals surface area (Å²) in [4.78, 5) is 13.6. The summed E-state index contributed by atoms with van der Waals surface area (Å²) < 4.78 is 2.13. The number of nitrogens with one attached hydrogen (secondary N) is 1. The van der Waals surface area contributed by atoms with Crippen molar-refractivity contribution in [2.45, 2.75) is 65.5 Å². The van der Waals surface area contributed by atoms with Gasteiger partial charge in [0, 0.05) is 43.4 Å². The molecule has 1 aliphatic heterocycles. The molecular weight excluding hydrogens is 348 g/mol. The quantitative estimate of drug-likeness (QED) is 0.881. The molecule has 1 aromatic heterocycles. The van der Waals surface area contributed by atoms with E-state index in [1.165, 1.54) is 16.8 Å². The second kappa shape index (κ2) is 7.36. The average molecular weight is 381 g/mol. The van der Waals surface area contributed by atoms with E-state index < -0.39 is 0 Å². The number of aromatic nitrogens is 2. The molecule has 1 fully saturated rings. The van der Waals surface area contributed by atoms with Crippen LogP contribution in [0.2, 0.25) is 0 Å². The van der Waals surface area contributed by atoms with Crippen LogP contribution in [0.25, 0.3) is 5.69 Å². The molecule has 1 N–H and O–H groups in total. The molecule has 2 aromatic rings. The SMILES string of the molecule is CC(=O)N1CCC(NC2CC(C)(C)Cc3c2cnn3-c2ccc(C)cc2)CC1. The van der Waals surface area contributed by atoms with E-state index in [0.29, 0.717) is 12.1 Å². The molecule has 1 unspecified atom stereocenters. The summed E-state index contributed by atoms with van der Waals surface area (Å²) in [5.41, 5.74) is 5.31. The summed E-state index contributed by atoms with van der Waals surface area (Å²) in [5.74, 6) is 0.193. The number of amides is 1. The fourth-order valence-corrected chi connectivity index (χ4v) is 4.75. The summed E-state index contributed by atoms with van der Waals surface area (Å²) >= 11 is 0. The first-order chi connectivity index (χ1) is 13.3. The number of hydrogen-bond acceptors (Lipinski definition) is 3. The molecule has 0 spiro atoms. The Morgan fingerprint density at radius 3 is 2.50 bits per heavy atom. The van der Waals surface area contributed by atoms with Gasteiger partial charge in [-0.25, -0.2) is 4.68 Å². The molecule has 1 aliphatic carbocycles. The van der Waals surface area contributed by atoms with Gasteiger partial charge in [-0.1, -0.05) is 31.5 Å². The molecule has 1 amide bonds. The highest BCUT2D eigenvalue weighted by molar-refractivity contribution is 5.73. The lowest BCUT2D eigenvalue weighted by Crippen LogP contribution is -2.46. The smallest absolute Gasteiger partial charge is 0.219 e. The van der Waals surface area contributed by atoms with Crippen molar-refractivity contribution in [1.82, 2.24) is 20.0 Å². The van der Waals surface area contributed by atoms with Crippen molar-refractivity contribution in [2.24, 2.45) is 5.41 Å². The van der Waals surface area contributed by atoms with Gasteiger partial charge in [0.25, 0.3) is 0 Å². The van der Waals surface area contributed by atoms with Gasteiger partial charge in [-0.2, -0.15) is 5.10 Å². The first-order valence-electron chi connectivity index (χ1n) is 10.5. The lowest BCUT2D eigenvalue weighted by atomic mass is 9.74. The second-order valence-corrected chi connectivity index (χ2v) is 9.34. The van der Waals surface area contributed by atoms with E-state index in [2.05, 4.69) is 61.2 Å². The standard InChI is InChI=1S/C23H32N4O/c1-16-5-7-19(8-6-16)27-22-14-23(3,4)13-21(20(22)15-24-27)25-18-9-11-26(12-10-18)17(2)28/h5-8,15,18,21,25H,9-14H2,1-4H3. The number of fused-ring (bicyclic) bond motifs is 1. The number of likely N-dealkylation sites (tertiary alicyclic amines) is 1. The maximum absolute atomic E-state index is 11.6. The number of carbonyl (C=O) groups is 1. The van der Waals surface area contributed by atoms with Crippen LogP contribution in [0.3, 0.4) is 0 Å². The molecular formula is C23H32N4O. The van der Waals surface area contributed by atoms with Crippen molar-refractivity contribution in [3.63, 3.8) is 0 Å². The molecule has 4 rings (SSSR count). The van der Waals surface area contributed by atoms with Crippen LogP contribution in [-0.4, -0.2) is 39.7 Å². The Kier molecular flexibility index (Phi) is 5.04. The summed E-state index contributed by atoms with van der Waals surface area (Å²) in [5, 5.41) is 8.68. The van der Waals surface area contributed by atoms with E-state index in [0.717, 1.165) is 44.5 Å². The highest BCUT2D eigenvalue weighted by Crippen LogP contribution is 2.41. The van der Waals surface area contributed by atoms with E-state index in [-0.39, 0.29) is 11.3 Å². The van der Waals surface area contributed by atoms with E-state index in [9.17, 15) is 4.79 Å². The van der Waals surface area contributed by atoms with Crippen molar-refractivity contribution in [3.05, 3.63) is 47.3 Å². The first-order valence-corrected chi connectivity index (χ1v) is 10.5. The normalized spacial score (nSPS) is 22.1. The molecule has 150 valence electrons. The van der Waals surface area contributed by atoms with Gasteiger partial charge in [-0.3, -0.25) is 4.79 Å². The Morgan fingerprint density at radius 1 is 1.18 bits per heavy atom. The largest absolute Gasteiger partial charge is 0.343 e. The Labute approximate surface area is 168 Å². The van der Waals surface area contributed by atoms with Crippen molar-refractivity contribution >= 4 is 5.91 Å². The molecule has 1 saturated heterocycles. The van der Waals surface area contributed by atoms with E-state index in [4.69, 9.17) is 5.10 Å². The fraction of sp³-hybridized carbons (Fsp3) is 0.565. The molecule has 5 nitrogen and oxygen atoms in total. The third-order valence-electron chi connectivity index (χ3n) is 6.34. The first kappa shape index (κ1) is 19.2. The number of hydrogen-bond donors (Lipinski definition) is 1. The molecule has 0 bridgehead atoms. The number of rotatable bonds is 3. The zero-order chi connectivity index (χ0) is 19.9. The highest BCUT2D eigenvalue weighted by Gasteiger charge is 2.36. The second-order valence-electron chi connectivity index (χ2n) is 9.34. The molecule has 1 atom stereocenters. The Bertz CT molecular complexity index is 844. The van der Waals surface area contributed by atoms with Crippen LogP contribution in [-0.2, 0) is 11.2 Å². The van der Waals surface area contributed by atoms with Crippen LogP contribution in [0.1, 0.15) is 62.9 Å². The number of nitrogens with zero attached hydrogens (tertiary/aromatic N) is 3. The van der Waals surface area contributed by atoms with Gasteiger partial charge in [0.2, 0.25) is 5.91 Å². The van der Waals surface area contributed by atoms with E-state index in [1.807, 2.05) is 4.90 Å². The fourth-order valence-electron chi connectivity index (χ4n) is 4.75. The number of aryl methyl sites for hydroxylation is 1. The van der Waals surface area contributed by atoms with Gasteiger partial charge in [0.1, 0.15) is 0 Å². The van der Waals surface area contributed by atoms with Crippen LogP contribution in [0.15, 0.2) is 30.5 Å². The average Bonchev–Trinajstić information content (AvgIpc) is 3.05. The highest BCUT2D eigenvalue weighted by atomic mass is 16.2. The zero-order valence-electron chi connectivity index (χ0n) is 17.5. The van der Waals surface area contributed by atoms with Gasteiger partial charge in [0.05, 0.1) is 11.9 Å². The molecule has 2 aliphatic rings. The molecule has 0 radical (unpaired) electrons. The third-order valence-corrected chi connectivity index (χ3v) is 6.34. The summed E-state index contributed by atoms with van der Waals surface area (Å²) in [6.07, 6.45) is 6.27. The molecule has 2 heterocycles. The summed E-state index contributed by atoms with van der Waals surface area (Å²) in [6.45, 7) is 10.2. The van der Waals surface area contributed by atoms with Crippen LogP contribution < -0.4 is 5.32 Å². The van der Waals surface area contributed by atoms with Crippen molar-refractivity contribution in [2.75, 3.05) is 13.1 Å². The van der Waals surface area contributed by atoms with Gasteiger partial charge in [-0.15, -0.1) is 0 Å². The maximum atomic E-state index is 11.6. The molecule has 0 saturated carbocycles. The topological polar surface area (TPSA) is 50.2 Å². The van der Waals surface area contributed by atoms with E-state index >= 15 is 0 Å². The lowest BCUT2D eigenvalue weighted by Gasteiger charge is -2.39. The zero-order valence-corrected chi connectivity index (χ0v) is 17.5. The van der Waals surface area contributed by atoms with Crippen LogP contribution in [0.4, 0.5) is 0 Å². The summed E-state index contributed by atoms with van der Waals surface area (Å²) in [7, 11) is 0. The number of piperidine rings is 1. The number of carbonyl (C=O) groups excluding carboxylic acids is 1.